The number of methoxy groups -OCH3 is 1. The first-order valence-corrected chi connectivity index (χ1v) is 5.65. The number of nitrogens with zero attached hydrogens (tertiary/aromatic N) is 1. The second-order valence-electron chi connectivity index (χ2n) is 3.49. The van der Waals surface area contributed by atoms with Gasteiger partial charge in [0.1, 0.15) is 0 Å². The summed E-state index contributed by atoms with van der Waals surface area (Å²) in [5.41, 5.74) is 0. The van der Waals surface area contributed by atoms with Crippen molar-refractivity contribution >= 4 is 16.9 Å². The summed E-state index contributed by atoms with van der Waals surface area (Å²) in [5.74, 6) is 1.68. The normalized spacial score (nSPS) is 18.9. The van der Waals surface area contributed by atoms with E-state index in [1.54, 1.807) is 18.9 Å². The third-order valence-corrected chi connectivity index (χ3v) is 2.95. The smallest absolute Gasteiger partial charge is 0.156 e. The van der Waals surface area contributed by atoms with Crippen LogP contribution >= 0.6 is 11.8 Å². The Morgan fingerprint density at radius 3 is 2.85 bits per heavy atom. The molecule has 1 atom stereocenters. The number of rotatable bonds is 4. The van der Waals surface area contributed by atoms with E-state index in [1.807, 2.05) is 0 Å². The van der Waals surface area contributed by atoms with Gasteiger partial charge in [-0.25, -0.2) is 0 Å². The number of aliphatic imine (C=N–C) groups is 1. The molecule has 13 heavy (non-hydrogen) atoms. The Hall–Kier alpha value is -0.220. The fraction of sp³-hybridized carbons (Fsp3) is 0.889. The monoisotopic (exact) mass is 202 g/mol. The molecule has 1 N–H and O–H groups in total. The van der Waals surface area contributed by atoms with E-state index in [4.69, 9.17) is 4.74 Å². The van der Waals surface area contributed by atoms with E-state index in [0.29, 0.717) is 12.0 Å². The Morgan fingerprint density at radius 1 is 1.62 bits per heavy atom. The molecule has 1 unspecified atom stereocenters. The van der Waals surface area contributed by atoms with Crippen LogP contribution in [0.1, 0.15) is 13.8 Å². The van der Waals surface area contributed by atoms with E-state index >= 15 is 0 Å². The number of hydrogen-bond donors (Lipinski definition) is 1. The summed E-state index contributed by atoms with van der Waals surface area (Å²) < 4.78 is 5.15. The fourth-order valence-corrected chi connectivity index (χ4v) is 1.95. The van der Waals surface area contributed by atoms with Crippen molar-refractivity contribution in [3.05, 3.63) is 0 Å². The number of ether oxygens (including phenoxy) is 1. The lowest BCUT2D eigenvalue weighted by Gasteiger charge is -2.21. The van der Waals surface area contributed by atoms with Gasteiger partial charge in [0.05, 0.1) is 19.2 Å². The fourth-order valence-electron chi connectivity index (χ4n) is 1.16. The Kier molecular flexibility index (Phi) is 4.59. The van der Waals surface area contributed by atoms with Gasteiger partial charge in [-0.05, 0) is 5.92 Å². The zero-order valence-corrected chi connectivity index (χ0v) is 9.36. The van der Waals surface area contributed by atoms with E-state index in [2.05, 4.69) is 24.2 Å². The largest absolute Gasteiger partial charge is 0.383 e. The highest BCUT2D eigenvalue weighted by Gasteiger charge is 2.16. The molecular formula is C9H18N2OS. The van der Waals surface area contributed by atoms with Gasteiger partial charge in [-0.1, -0.05) is 25.6 Å². The minimum atomic E-state index is 0.384. The summed E-state index contributed by atoms with van der Waals surface area (Å²) in [6, 6.07) is 0.384. The maximum absolute atomic E-state index is 5.15. The van der Waals surface area contributed by atoms with Crippen molar-refractivity contribution in [2.24, 2.45) is 10.9 Å². The highest BCUT2D eigenvalue weighted by molar-refractivity contribution is 8.14. The first-order chi connectivity index (χ1) is 6.24. The summed E-state index contributed by atoms with van der Waals surface area (Å²) in [7, 11) is 1.74. The lowest BCUT2D eigenvalue weighted by molar-refractivity contribution is 0.156. The van der Waals surface area contributed by atoms with Crippen molar-refractivity contribution in [1.82, 2.24) is 5.32 Å². The lowest BCUT2D eigenvalue weighted by Crippen LogP contribution is -2.40. The SMILES string of the molecule is COCC(NC1=NCCS1)C(C)C. The van der Waals surface area contributed by atoms with Crippen molar-refractivity contribution < 1.29 is 4.74 Å². The average Bonchev–Trinajstić information content (AvgIpc) is 2.56. The van der Waals surface area contributed by atoms with Crippen LogP contribution in [-0.2, 0) is 4.74 Å². The molecule has 0 fully saturated rings. The molecule has 0 saturated heterocycles. The lowest BCUT2D eigenvalue weighted by atomic mass is 10.1. The third-order valence-electron chi connectivity index (χ3n) is 2.05. The van der Waals surface area contributed by atoms with E-state index in [1.165, 1.54) is 0 Å². The number of nitrogens with one attached hydrogen (secondary N) is 1. The van der Waals surface area contributed by atoms with Gasteiger partial charge >= 0.3 is 0 Å². The number of hydrogen-bond acceptors (Lipinski definition) is 4. The van der Waals surface area contributed by atoms with Crippen LogP contribution in [0.25, 0.3) is 0 Å². The van der Waals surface area contributed by atoms with Crippen molar-refractivity contribution in [1.29, 1.82) is 0 Å². The molecule has 0 aromatic rings. The molecule has 0 aliphatic carbocycles. The minimum absolute atomic E-state index is 0.384. The Morgan fingerprint density at radius 2 is 2.38 bits per heavy atom. The van der Waals surface area contributed by atoms with E-state index in [0.717, 1.165) is 24.1 Å². The quantitative estimate of drug-likeness (QED) is 0.747. The van der Waals surface area contributed by atoms with Crippen LogP contribution in [0.4, 0.5) is 0 Å². The molecule has 0 aromatic heterocycles. The highest BCUT2D eigenvalue weighted by Crippen LogP contribution is 2.12. The molecule has 76 valence electrons. The molecule has 1 aliphatic heterocycles. The van der Waals surface area contributed by atoms with Crippen molar-refractivity contribution in [3.63, 3.8) is 0 Å². The molecule has 4 heteroatoms. The van der Waals surface area contributed by atoms with Crippen LogP contribution in [0, 0.1) is 5.92 Å². The molecule has 0 spiro atoms. The van der Waals surface area contributed by atoms with Crippen LogP contribution in [0.15, 0.2) is 4.99 Å². The van der Waals surface area contributed by atoms with E-state index in [9.17, 15) is 0 Å². The van der Waals surface area contributed by atoms with E-state index < -0.39 is 0 Å². The van der Waals surface area contributed by atoms with Gasteiger partial charge in [-0.15, -0.1) is 0 Å². The molecular weight excluding hydrogens is 184 g/mol. The predicted octanol–water partition coefficient (Wildman–Crippen LogP) is 1.35. The van der Waals surface area contributed by atoms with Gasteiger partial charge < -0.3 is 10.1 Å². The first kappa shape index (κ1) is 10.9. The molecule has 0 bridgehead atoms. The molecule has 0 amide bonds. The predicted molar refractivity (Wildman–Crippen MR) is 58.4 cm³/mol. The summed E-state index contributed by atoms with van der Waals surface area (Å²) in [4.78, 5) is 4.35. The topological polar surface area (TPSA) is 33.6 Å². The Bertz CT molecular complexity index is 182. The van der Waals surface area contributed by atoms with Gasteiger partial charge in [0.25, 0.3) is 0 Å². The van der Waals surface area contributed by atoms with E-state index in [-0.39, 0.29) is 0 Å². The molecule has 1 aliphatic rings. The summed E-state index contributed by atoms with van der Waals surface area (Å²) >= 11 is 1.80. The second-order valence-corrected chi connectivity index (χ2v) is 4.57. The maximum atomic E-state index is 5.15. The number of amidine groups is 1. The molecule has 1 rings (SSSR count). The molecule has 0 radical (unpaired) electrons. The standard InChI is InChI=1S/C9H18N2OS/c1-7(2)8(6-12-3)11-9-10-4-5-13-9/h7-8H,4-6H2,1-3H3,(H,10,11). The van der Waals surface area contributed by atoms with Crippen LogP contribution in [-0.4, -0.2) is 37.2 Å². The van der Waals surface area contributed by atoms with Crippen molar-refractivity contribution in [2.75, 3.05) is 26.0 Å². The number of thioether (sulfide) groups is 1. The summed E-state index contributed by atoms with van der Waals surface area (Å²) in [6.45, 7) is 6.08. The van der Waals surface area contributed by atoms with Crippen LogP contribution in [0.2, 0.25) is 0 Å². The minimum Gasteiger partial charge on any atom is -0.383 e. The summed E-state index contributed by atoms with van der Waals surface area (Å²) in [6.07, 6.45) is 0. The molecule has 0 saturated carbocycles. The van der Waals surface area contributed by atoms with Gasteiger partial charge in [0.15, 0.2) is 5.17 Å². The van der Waals surface area contributed by atoms with Crippen molar-refractivity contribution in [2.45, 2.75) is 19.9 Å². The van der Waals surface area contributed by atoms with Crippen LogP contribution in [0.5, 0.6) is 0 Å². The molecule has 0 aromatic carbocycles. The first-order valence-electron chi connectivity index (χ1n) is 4.66. The van der Waals surface area contributed by atoms with Crippen molar-refractivity contribution in [3.8, 4) is 0 Å². The van der Waals surface area contributed by atoms with Gasteiger partial charge in [0.2, 0.25) is 0 Å². The third kappa shape index (κ3) is 3.56. The Labute approximate surface area is 84.3 Å². The highest BCUT2D eigenvalue weighted by atomic mass is 32.2. The van der Waals surface area contributed by atoms with Crippen LogP contribution in [0.3, 0.4) is 0 Å². The van der Waals surface area contributed by atoms with Gasteiger partial charge in [-0.2, -0.15) is 0 Å². The Balaban J connectivity index is 2.36. The van der Waals surface area contributed by atoms with Crippen LogP contribution < -0.4 is 5.32 Å². The average molecular weight is 202 g/mol. The summed E-state index contributed by atoms with van der Waals surface area (Å²) in [5, 5.41) is 4.48. The second kappa shape index (κ2) is 5.50. The van der Waals surface area contributed by atoms with Gasteiger partial charge in [-0.3, -0.25) is 4.99 Å². The maximum Gasteiger partial charge on any atom is 0.156 e. The van der Waals surface area contributed by atoms with Gasteiger partial charge in [0, 0.05) is 12.9 Å². The zero-order valence-electron chi connectivity index (χ0n) is 8.54. The zero-order chi connectivity index (χ0) is 9.68. The molecule has 3 nitrogen and oxygen atoms in total. The molecule has 1 heterocycles.